The summed E-state index contributed by atoms with van der Waals surface area (Å²) in [6.45, 7) is 2.77. The minimum atomic E-state index is -0.113. The third-order valence-corrected chi connectivity index (χ3v) is 5.15. The Labute approximate surface area is 170 Å². The van der Waals surface area contributed by atoms with Crippen molar-refractivity contribution in [3.63, 3.8) is 0 Å². The normalized spacial score (nSPS) is 15.1. The van der Waals surface area contributed by atoms with E-state index in [4.69, 9.17) is 4.74 Å². The number of hydrogen-bond acceptors (Lipinski definition) is 5. The molecule has 0 bridgehead atoms. The summed E-state index contributed by atoms with van der Waals surface area (Å²) in [5, 5.41) is 3.25. The molecule has 1 unspecified atom stereocenters. The van der Waals surface area contributed by atoms with Gasteiger partial charge in [-0.1, -0.05) is 30.3 Å². The van der Waals surface area contributed by atoms with E-state index < -0.39 is 0 Å². The van der Waals surface area contributed by atoms with Crippen molar-refractivity contribution in [2.24, 2.45) is 0 Å². The number of carbonyl (C=O) groups is 1. The Kier molecular flexibility index (Phi) is 5.42. The number of aromatic nitrogens is 2. The van der Waals surface area contributed by atoms with Crippen LogP contribution in [0.3, 0.4) is 0 Å². The predicted octanol–water partition coefficient (Wildman–Crippen LogP) is 3.73. The Hall–Kier alpha value is -3.41. The smallest absolute Gasteiger partial charge is 0.278 e. The topological polar surface area (TPSA) is 67.3 Å². The van der Waals surface area contributed by atoms with Crippen LogP contribution in [0.1, 0.15) is 28.5 Å². The maximum absolute atomic E-state index is 13.0. The van der Waals surface area contributed by atoms with Crippen molar-refractivity contribution in [1.29, 1.82) is 0 Å². The van der Waals surface area contributed by atoms with Crippen LogP contribution in [0.5, 0.6) is 5.75 Å². The molecule has 148 valence electrons. The highest BCUT2D eigenvalue weighted by Gasteiger charge is 2.31. The summed E-state index contributed by atoms with van der Waals surface area (Å²) in [6.07, 6.45) is 4.86. The molecule has 2 aromatic carbocycles. The number of para-hydroxylation sites is 1. The van der Waals surface area contributed by atoms with Crippen molar-refractivity contribution in [3.8, 4) is 5.75 Å². The zero-order valence-electron chi connectivity index (χ0n) is 16.6. The first kappa shape index (κ1) is 18.9. The van der Waals surface area contributed by atoms with Crippen molar-refractivity contribution in [2.75, 3.05) is 23.9 Å². The van der Waals surface area contributed by atoms with Gasteiger partial charge in [-0.15, -0.1) is 0 Å². The molecule has 1 amide bonds. The average Bonchev–Trinajstić information content (AvgIpc) is 3.09. The van der Waals surface area contributed by atoms with Gasteiger partial charge in [-0.3, -0.25) is 4.79 Å². The van der Waals surface area contributed by atoms with Gasteiger partial charge >= 0.3 is 0 Å². The molecule has 0 saturated carbocycles. The van der Waals surface area contributed by atoms with Gasteiger partial charge in [0.05, 0.1) is 19.5 Å². The third-order valence-electron chi connectivity index (χ3n) is 5.15. The molecule has 0 fully saturated rings. The van der Waals surface area contributed by atoms with Crippen LogP contribution in [0.2, 0.25) is 0 Å². The second-order valence-electron chi connectivity index (χ2n) is 7.17. The Bertz CT molecular complexity index is 1000. The van der Waals surface area contributed by atoms with Gasteiger partial charge in [-0.25, -0.2) is 9.97 Å². The molecule has 1 aliphatic rings. The molecule has 6 nitrogen and oxygen atoms in total. The van der Waals surface area contributed by atoms with E-state index in [1.54, 1.807) is 19.5 Å². The molecule has 1 aromatic heterocycles. The number of amides is 1. The van der Waals surface area contributed by atoms with Gasteiger partial charge in [-0.2, -0.15) is 0 Å². The molecular weight excluding hydrogens is 364 g/mol. The minimum absolute atomic E-state index is 0.113. The predicted molar refractivity (Wildman–Crippen MR) is 114 cm³/mol. The Morgan fingerprint density at radius 2 is 2.03 bits per heavy atom. The molecular formula is C23H24N4O2. The van der Waals surface area contributed by atoms with Crippen LogP contribution in [0, 0.1) is 0 Å². The van der Waals surface area contributed by atoms with Gasteiger partial charge in [0, 0.05) is 18.3 Å². The number of hydrogen-bond donors (Lipinski definition) is 1. The lowest BCUT2D eigenvalue weighted by Gasteiger charge is -2.22. The number of methoxy groups -OCH3 is 1. The highest BCUT2D eigenvalue weighted by Crippen LogP contribution is 2.32. The summed E-state index contributed by atoms with van der Waals surface area (Å²) in [4.78, 5) is 23.5. The number of benzene rings is 2. The van der Waals surface area contributed by atoms with Crippen molar-refractivity contribution in [2.45, 2.75) is 25.8 Å². The standard InChI is InChI=1S/C23H24N4O2/c1-16-12-18-7-3-4-9-21(18)27(16)23(28)20-14-26-22(15-25-20)24-11-10-17-6-5-8-19(13-17)29-2/h3-9,13-16H,10-12H2,1-2H3,(H,24,26). The summed E-state index contributed by atoms with van der Waals surface area (Å²) >= 11 is 0. The number of anilines is 2. The monoisotopic (exact) mass is 388 g/mol. The minimum Gasteiger partial charge on any atom is -0.497 e. The number of nitrogens with one attached hydrogen (secondary N) is 1. The summed E-state index contributed by atoms with van der Waals surface area (Å²) in [6, 6.07) is 16.1. The molecule has 0 aliphatic carbocycles. The van der Waals surface area contributed by atoms with E-state index in [1.807, 2.05) is 41.3 Å². The fourth-order valence-electron chi connectivity index (χ4n) is 3.69. The van der Waals surface area contributed by atoms with Gasteiger partial charge in [0.2, 0.25) is 0 Å². The van der Waals surface area contributed by atoms with Crippen LogP contribution < -0.4 is 15.0 Å². The summed E-state index contributed by atoms with van der Waals surface area (Å²) in [7, 11) is 1.66. The molecule has 29 heavy (non-hydrogen) atoms. The first-order chi connectivity index (χ1) is 14.2. The Balaban J connectivity index is 1.38. The van der Waals surface area contributed by atoms with Gasteiger partial charge in [0.25, 0.3) is 5.91 Å². The van der Waals surface area contributed by atoms with Gasteiger partial charge in [0.1, 0.15) is 17.3 Å². The van der Waals surface area contributed by atoms with Crippen molar-refractivity contribution in [3.05, 3.63) is 77.7 Å². The molecule has 1 aliphatic heterocycles. The van der Waals surface area contributed by atoms with Crippen LogP contribution in [0.25, 0.3) is 0 Å². The molecule has 2 heterocycles. The summed E-state index contributed by atoms with van der Waals surface area (Å²) < 4.78 is 5.25. The largest absolute Gasteiger partial charge is 0.497 e. The molecule has 4 rings (SSSR count). The first-order valence-corrected chi connectivity index (χ1v) is 9.76. The number of carbonyl (C=O) groups excluding carboxylic acids is 1. The zero-order chi connectivity index (χ0) is 20.2. The molecule has 0 saturated heterocycles. The molecule has 1 N–H and O–H groups in total. The van der Waals surface area contributed by atoms with E-state index in [-0.39, 0.29) is 11.9 Å². The third kappa shape index (κ3) is 4.06. The van der Waals surface area contributed by atoms with E-state index >= 15 is 0 Å². The number of ether oxygens (including phenoxy) is 1. The van der Waals surface area contributed by atoms with Crippen molar-refractivity contribution >= 4 is 17.4 Å². The molecule has 0 radical (unpaired) electrons. The van der Waals surface area contributed by atoms with E-state index in [0.29, 0.717) is 18.1 Å². The second kappa shape index (κ2) is 8.31. The fraction of sp³-hybridized carbons (Fsp3) is 0.261. The maximum Gasteiger partial charge on any atom is 0.278 e. The lowest BCUT2D eigenvalue weighted by molar-refractivity contribution is 0.0976. The molecule has 1 atom stereocenters. The highest BCUT2D eigenvalue weighted by molar-refractivity contribution is 6.06. The second-order valence-corrected chi connectivity index (χ2v) is 7.17. The number of rotatable bonds is 6. The lowest BCUT2D eigenvalue weighted by atomic mass is 10.1. The van der Waals surface area contributed by atoms with Crippen LogP contribution in [-0.2, 0) is 12.8 Å². The van der Waals surface area contributed by atoms with Crippen LogP contribution in [0.15, 0.2) is 60.9 Å². The van der Waals surface area contributed by atoms with Crippen LogP contribution in [0.4, 0.5) is 11.5 Å². The van der Waals surface area contributed by atoms with Gasteiger partial charge in [-0.05, 0) is 49.1 Å². The fourth-order valence-corrected chi connectivity index (χ4v) is 3.69. The number of fused-ring (bicyclic) bond motifs is 1. The average molecular weight is 388 g/mol. The van der Waals surface area contributed by atoms with Crippen molar-refractivity contribution < 1.29 is 9.53 Å². The van der Waals surface area contributed by atoms with Gasteiger partial charge < -0.3 is 15.0 Å². The molecule has 0 spiro atoms. The maximum atomic E-state index is 13.0. The highest BCUT2D eigenvalue weighted by atomic mass is 16.5. The SMILES string of the molecule is COc1cccc(CCNc2cnc(C(=O)N3c4ccccc4CC3C)cn2)c1. The Morgan fingerprint density at radius 3 is 2.83 bits per heavy atom. The van der Waals surface area contributed by atoms with E-state index in [0.717, 1.165) is 24.3 Å². The summed E-state index contributed by atoms with van der Waals surface area (Å²) in [5.41, 5.74) is 3.69. The first-order valence-electron chi connectivity index (χ1n) is 9.76. The van der Waals surface area contributed by atoms with Crippen molar-refractivity contribution in [1.82, 2.24) is 9.97 Å². The molecule has 6 heteroatoms. The van der Waals surface area contributed by atoms with Crippen LogP contribution >= 0.6 is 0 Å². The number of nitrogens with zero attached hydrogens (tertiary/aromatic N) is 3. The molecule has 3 aromatic rings. The van der Waals surface area contributed by atoms with E-state index in [1.165, 1.54) is 11.1 Å². The lowest BCUT2D eigenvalue weighted by Crippen LogP contribution is -2.36. The van der Waals surface area contributed by atoms with E-state index in [2.05, 4.69) is 34.3 Å². The zero-order valence-corrected chi connectivity index (χ0v) is 16.6. The van der Waals surface area contributed by atoms with Gasteiger partial charge in [0.15, 0.2) is 0 Å². The summed E-state index contributed by atoms with van der Waals surface area (Å²) in [5.74, 6) is 1.39. The van der Waals surface area contributed by atoms with E-state index in [9.17, 15) is 4.79 Å². The quantitative estimate of drug-likeness (QED) is 0.697. The Morgan fingerprint density at radius 1 is 1.17 bits per heavy atom. The van der Waals surface area contributed by atoms with Crippen LogP contribution in [-0.4, -0.2) is 35.6 Å².